The van der Waals surface area contributed by atoms with Crippen LogP contribution in [-0.4, -0.2) is 26.2 Å². The van der Waals surface area contributed by atoms with Gasteiger partial charge in [-0.2, -0.15) is 0 Å². The molecule has 5 heteroatoms. The number of benzene rings is 1. The molecule has 4 nitrogen and oxygen atoms in total. The van der Waals surface area contributed by atoms with Gasteiger partial charge in [0.1, 0.15) is 11.4 Å². The smallest absolute Gasteiger partial charge is 0.341 e. The van der Waals surface area contributed by atoms with Crippen molar-refractivity contribution in [2.45, 2.75) is 0 Å². The second-order valence-corrected chi connectivity index (χ2v) is 2.65. The second-order valence-electron chi connectivity index (χ2n) is 2.65. The van der Waals surface area contributed by atoms with Crippen LogP contribution in [0, 0.1) is 5.82 Å². The summed E-state index contributed by atoms with van der Waals surface area (Å²) in [5, 5.41) is 0. The highest BCUT2D eigenvalue weighted by Gasteiger charge is 2.21. The first-order valence-electron chi connectivity index (χ1n) is 4.07. The number of esters is 2. The van der Waals surface area contributed by atoms with E-state index in [2.05, 4.69) is 9.47 Å². The van der Waals surface area contributed by atoms with Crippen molar-refractivity contribution in [3.63, 3.8) is 0 Å². The van der Waals surface area contributed by atoms with Crippen molar-refractivity contribution in [2.75, 3.05) is 14.2 Å². The lowest BCUT2D eigenvalue weighted by Crippen LogP contribution is -2.13. The molecule has 0 radical (unpaired) electrons. The number of halogens is 1. The zero-order valence-corrected chi connectivity index (χ0v) is 8.24. The summed E-state index contributed by atoms with van der Waals surface area (Å²) in [6.45, 7) is 0. The lowest BCUT2D eigenvalue weighted by Gasteiger charge is -2.06. The third-order valence-electron chi connectivity index (χ3n) is 1.81. The van der Waals surface area contributed by atoms with Crippen LogP contribution in [0.2, 0.25) is 0 Å². The molecule has 80 valence electrons. The second kappa shape index (κ2) is 4.54. The van der Waals surface area contributed by atoms with Gasteiger partial charge in [0.2, 0.25) is 0 Å². The molecule has 0 saturated carbocycles. The molecule has 0 bridgehead atoms. The van der Waals surface area contributed by atoms with Crippen molar-refractivity contribution in [2.24, 2.45) is 0 Å². The van der Waals surface area contributed by atoms with Gasteiger partial charge in [0.15, 0.2) is 0 Å². The van der Waals surface area contributed by atoms with Gasteiger partial charge in [-0.15, -0.1) is 0 Å². The van der Waals surface area contributed by atoms with Crippen molar-refractivity contribution in [1.82, 2.24) is 0 Å². The zero-order valence-electron chi connectivity index (χ0n) is 8.24. The van der Waals surface area contributed by atoms with Crippen molar-refractivity contribution in [3.05, 3.63) is 35.1 Å². The first kappa shape index (κ1) is 11.2. The molecule has 0 N–H and O–H groups in total. The molecule has 0 atom stereocenters. The van der Waals surface area contributed by atoms with Gasteiger partial charge in [0.05, 0.1) is 19.8 Å². The van der Waals surface area contributed by atoms with Gasteiger partial charge in [-0.3, -0.25) is 0 Å². The molecule has 0 aromatic heterocycles. The zero-order chi connectivity index (χ0) is 11.4. The van der Waals surface area contributed by atoms with Crippen molar-refractivity contribution >= 4 is 11.9 Å². The Morgan fingerprint density at radius 2 is 1.73 bits per heavy atom. The molecule has 0 spiro atoms. The molecule has 1 aromatic rings. The van der Waals surface area contributed by atoms with Crippen molar-refractivity contribution < 1.29 is 23.5 Å². The maximum absolute atomic E-state index is 13.3. The summed E-state index contributed by atoms with van der Waals surface area (Å²) >= 11 is 0. The lowest BCUT2D eigenvalue weighted by atomic mass is 10.1. The van der Waals surface area contributed by atoms with E-state index in [0.717, 1.165) is 20.3 Å². The standard InChI is InChI=1S/C10H9FO4/c1-14-9(12)6-4-3-5-7(11)8(6)10(13)15-2/h3-5H,1-2H3. The summed E-state index contributed by atoms with van der Waals surface area (Å²) in [5.74, 6) is -2.51. The number of carbonyl (C=O) groups excluding carboxylic acids is 2. The molecule has 0 aliphatic rings. The van der Waals surface area contributed by atoms with E-state index in [9.17, 15) is 14.0 Å². The summed E-state index contributed by atoms with van der Waals surface area (Å²) in [4.78, 5) is 22.4. The maximum atomic E-state index is 13.3. The Hall–Kier alpha value is -1.91. The number of rotatable bonds is 2. The summed E-state index contributed by atoms with van der Waals surface area (Å²) in [6.07, 6.45) is 0. The monoisotopic (exact) mass is 212 g/mol. The van der Waals surface area contributed by atoms with Crippen LogP contribution in [0.3, 0.4) is 0 Å². The largest absolute Gasteiger partial charge is 0.465 e. The molecule has 0 aliphatic heterocycles. The molecule has 1 rings (SSSR count). The SMILES string of the molecule is COC(=O)c1cccc(F)c1C(=O)OC. The molecule has 0 amide bonds. The Morgan fingerprint density at radius 1 is 1.13 bits per heavy atom. The summed E-state index contributed by atoms with van der Waals surface area (Å²) < 4.78 is 22.1. The van der Waals surface area contributed by atoms with Gasteiger partial charge in [-0.1, -0.05) is 6.07 Å². The first-order valence-corrected chi connectivity index (χ1v) is 4.07. The molecule has 0 unspecified atom stereocenters. The number of hydrogen-bond donors (Lipinski definition) is 0. The van der Waals surface area contributed by atoms with Gasteiger partial charge in [0, 0.05) is 0 Å². The molecular weight excluding hydrogens is 203 g/mol. The maximum Gasteiger partial charge on any atom is 0.341 e. The van der Waals surface area contributed by atoms with Crippen LogP contribution in [0.1, 0.15) is 20.7 Å². The number of hydrogen-bond acceptors (Lipinski definition) is 4. The first-order chi connectivity index (χ1) is 7.11. The third-order valence-corrected chi connectivity index (χ3v) is 1.81. The van der Waals surface area contributed by atoms with E-state index in [1.807, 2.05) is 0 Å². The number of ether oxygens (including phenoxy) is 2. The Labute approximate surface area is 85.6 Å². The molecule has 1 aromatic carbocycles. The van der Waals surface area contributed by atoms with Gasteiger partial charge >= 0.3 is 11.9 Å². The molecule has 0 heterocycles. The molecular formula is C10H9FO4. The normalized spacial score (nSPS) is 9.53. The lowest BCUT2D eigenvalue weighted by molar-refractivity contribution is 0.0550. The minimum atomic E-state index is -0.909. The Bertz CT molecular complexity index is 400. The minimum absolute atomic E-state index is 0.149. The highest BCUT2D eigenvalue weighted by atomic mass is 19.1. The van der Waals surface area contributed by atoms with Gasteiger partial charge in [-0.25, -0.2) is 14.0 Å². The van der Waals surface area contributed by atoms with Crippen LogP contribution in [0.15, 0.2) is 18.2 Å². The average molecular weight is 212 g/mol. The fraction of sp³-hybridized carbons (Fsp3) is 0.200. The molecule has 0 fully saturated rings. The Kier molecular flexibility index (Phi) is 3.38. The van der Waals surface area contributed by atoms with Crippen molar-refractivity contribution in [1.29, 1.82) is 0 Å². The van der Waals surface area contributed by atoms with Crippen LogP contribution in [0.25, 0.3) is 0 Å². The minimum Gasteiger partial charge on any atom is -0.465 e. The van der Waals surface area contributed by atoms with E-state index in [-0.39, 0.29) is 5.56 Å². The van der Waals surface area contributed by atoms with E-state index in [1.54, 1.807) is 0 Å². The van der Waals surface area contributed by atoms with Crippen LogP contribution in [-0.2, 0) is 9.47 Å². The summed E-state index contributed by atoms with van der Waals surface area (Å²) in [5.41, 5.74) is -0.559. The topological polar surface area (TPSA) is 52.6 Å². The van der Waals surface area contributed by atoms with E-state index in [0.29, 0.717) is 0 Å². The third kappa shape index (κ3) is 2.12. The molecule has 0 aliphatic carbocycles. The van der Waals surface area contributed by atoms with Crippen molar-refractivity contribution in [3.8, 4) is 0 Å². The average Bonchev–Trinajstić information content (AvgIpc) is 2.26. The highest BCUT2D eigenvalue weighted by molar-refractivity contribution is 6.03. The number of carbonyl (C=O) groups is 2. The fourth-order valence-electron chi connectivity index (χ4n) is 1.11. The van der Waals surface area contributed by atoms with E-state index >= 15 is 0 Å². The molecule has 0 saturated heterocycles. The van der Waals surface area contributed by atoms with Crippen LogP contribution in [0.4, 0.5) is 4.39 Å². The van der Waals surface area contributed by atoms with Gasteiger partial charge in [-0.05, 0) is 12.1 Å². The van der Waals surface area contributed by atoms with E-state index < -0.39 is 23.3 Å². The van der Waals surface area contributed by atoms with Gasteiger partial charge in [0.25, 0.3) is 0 Å². The predicted octanol–water partition coefficient (Wildman–Crippen LogP) is 1.40. The highest BCUT2D eigenvalue weighted by Crippen LogP contribution is 2.15. The Morgan fingerprint density at radius 3 is 2.27 bits per heavy atom. The predicted molar refractivity (Wildman–Crippen MR) is 49.1 cm³/mol. The number of methoxy groups -OCH3 is 2. The molecule has 15 heavy (non-hydrogen) atoms. The Balaban J connectivity index is 3.32. The van der Waals surface area contributed by atoms with E-state index in [1.165, 1.54) is 12.1 Å². The quantitative estimate of drug-likeness (QED) is 0.695. The van der Waals surface area contributed by atoms with Crippen LogP contribution < -0.4 is 0 Å². The fourth-order valence-corrected chi connectivity index (χ4v) is 1.11. The van der Waals surface area contributed by atoms with Crippen LogP contribution >= 0.6 is 0 Å². The summed E-state index contributed by atoms with van der Waals surface area (Å²) in [6, 6.07) is 3.67. The summed E-state index contributed by atoms with van der Waals surface area (Å²) in [7, 11) is 2.25. The van der Waals surface area contributed by atoms with E-state index in [4.69, 9.17) is 0 Å². The van der Waals surface area contributed by atoms with Gasteiger partial charge < -0.3 is 9.47 Å². The van der Waals surface area contributed by atoms with Crippen LogP contribution in [0.5, 0.6) is 0 Å².